The van der Waals surface area contributed by atoms with Crippen LogP contribution in [0.2, 0.25) is 10.0 Å². The Kier molecular flexibility index (Phi) is 5.30. The van der Waals surface area contributed by atoms with Gasteiger partial charge < -0.3 is 10.0 Å². The number of aromatic hydroxyl groups is 1. The molecule has 136 valence electrons. The van der Waals surface area contributed by atoms with E-state index in [2.05, 4.69) is 6.07 Å². The van der Waals surface area contributed by atoms with Crippen molar-refractivity contribution in [3.8, 4) is 11.8 Å². The number of sulfonamides is 1. The van der Waals surface area contributed by atoms with Gasteiger partial charge in [0.2, 0.25) is 10.0 Å². The first-order valence-electron chi connectivity index (χ1n) is 7.76. The lowest BCUT2D eigenvalue weighted by Gasteiger charge is -2.35. The number of hydrogen-bond acceptors (Lipinski definition) is 5. The summed E-state index contributed by atoms with van der Waals surface area (Å²) in [5.41, 5.74) is 1.50. The number of nitriles is 1. The van der Waals surface area contributed by atoms with Crippen molar-refractivity contribution >= 4 is 38.9 Å². The largest absolute Gasteiger partial charge is 0.505 e. The summed E-state index contributed by atoms with van der Waals surface area (Å²) >= 11 is 11.7. The zero-order valence-corrected chi connectivity index (χ0v) is 15.9. The highest BCUT2D eigenvalue weighted by molar-refractivity contribution is 7.89. The zero-order chi connectivity index (χ0) is 18.9. The number of nitrogens with zero attached hydrogens (tertiary/aromatic N) is 3. The maximum Gasteiger partial charge on any atom is 0.246 e. The molecule has 1 aliphatic rings. The van der Waals surface area contributed by atoms with E-state index in [4.69, 9.17) is 28.5 Å². The van der Waals surface area contributed by atoms with Gasteiger partial charge in [0.1, 0.15) is 4.90 Å². The van der Waals surface area contributed by atoms with Gasteiger partial charge in [0.15, 0.2) is 5.75 Å². The summed E-state index contributed by atoms with van der Waals surface area (Å²) in [6.07, 6.45) is 0. The molecule has 3 rings (SSSR count). The van der Waals surface area contributed by atoms with Crippen molar-refractivity contribution in [2.45, 2.75) is 4.90 Å². The van der Waals surface area contributed by atoms with E-state index in [1.54, 1.807) is 12.1 Å². The molecule has 1 fully saturated rings. The van der Waals surface area contributed by atoms with Gasteiger partial charge in [-0.05, 0) is 36.4 Å². The number of piperazine rings is 1. The van der Waals surface area contributed by atoms with Crippen LogP contribution in [-0.2, 0) is 10.0 Å². The second-order valence-corrected chi connectivity index (χ2v) is 8.53. The Balaban J connectivity index is 1.78. The van der Waals surface area contributed by atoms with E-state index in [9.17, 15) is 13.5 Å². The number of halogens is 2. The van der Waals surface area contributed by atoms with Crippen LogP contribution in [0.25, 0.3) is 0 Å². The van der Waals surface area contributed by atoms with Crippen molar-refractivity contribution in [2.24, 2.45) is 0 Å². The first-order valence-corrected chi connectivity index (χ1v) is 9.96. The lowest BCUT2D eigenvalue weighted by atomic mass is 10.2. The summed E-state index contributed by atoms with van der Waals surface area (Å²) in [6.45, 7) is 1.48. The van der Waals surface area contributed by atoms with E-state index in [1.807, 2.05) is 17.0 Å². The molecular weight excluding hydrogens is 397 g/mol. The van der Waals surface area contributed by atoms with Gasteiger partial charge >= 0.3 is 0 Å². The van der Waals surface area contributed by atoms with E-state index in [0.717, 1.165) is 5.69 Å². The highest BCUT2D eigenvalue weighted by Gasteiger charge is 2.31. The van der Waals surface area contributed by atoms with Gasteiger partial charge in [-0.1, -0.05) is 23.2 Å². The van der Waals surface area contributed by atoms with Crippen LogP contribution < -0.4 is 4.90 Å². The normalized spacial score (nSPS) is 15.7. The first kappa shape index (κ1) is 18.8. The third-order valence-corrected chi connectivity index (χ3v) is 6.63. The summed E-state index contributed by atoms with van der Waals surface area (Å²) in [4.78, 5) is 1.75. The fourth-order valence-corrected chi connectivity index (χ4v) is 4.98. The topological polar surface area (TPSA) is 84.6 Å². The molecule has 0 radical (unpaired) electrons. The molecule has 0 spiro atoms. The molecule has 2 aromatic rings. The van der Waals surface area contributed by atoms with E-state index < -0.39 is 15.8 Å². The Morgan fingerprint density at radius 2 is 1.65 bits per heavy atom. The van der Waals surface area contributed by atoms with Crippen LogP contribution in [0.4, 0.5) is 5.69 Å². The fraction of sp³-hybridized carbons (Fsp3) is 0.235. The molecule has 9 heteroatoms. The predicted molar refractivity (Wildman–Crippen MR) is 100 cm³/mol. The zero-order valence-electron chi connectivity index (χ0n) is 13.6. The van der Waals surface area contributed by atoms with Crippen LogP contribution in [0.5, 0.6) is 5.75 Å². The standard InChI is InChI=1S/C17H15Cl2N3O3S/c18-13-9-15(19)17(23)16(10-13)26(24,25)22-7-5-21(6-8-22)14-3-1-12(11-20)2-4-14/h1-4,9-10,23H,5-8H2. The average Bonchev–Trinajstić information content (AvgIpc) is 2.64. The molecule has 0 unspecified atom stereocenters. The summed E-state index contributed by atoms with van der Waals surface area (Å²) in [5.74, 6) is -0.495. The van der Waals surface area contributed by atoms with Gasteiger partial charge in [-0.25, -0.2) is 8.42 Å². The van der Waals surface area contributed by atoms with Crippen LogP contribution in [0.15, 0.2) is 41.3 Å². The maximum absolute atomic E-state index is 12.8. The van der Waals surface area contributed by atoms with Gasteiger partial charge in [-0.2, -0.15) is 9.57 Å². The van der Waals surface area contributed by atoms with Crippen LogP contribution >= 0.6 is 23.2 Å². The highest BCUT2D eigenvalue weighted by atomic mass is 35.5. The molecule has 0 saturated carbocycles. The molecule has 0 aliphatic carbocycles. The lowest BCUT2D eigenvalue weighted by Crippen LogP contribution is -2.48. The number of rotatable bonds is 3. The number of phenolic OH excluding ortho intramolecular Hbond substituents is 1. The van der Waals surface area contributed by atoms with Gasteiger partial charge in [-0.15, -0.1) is 0 Å². The molecular formula is C17H15Cl2N3O3S. The molecule has 6 nitrogen and oxygen atoms in total. The Morgan fingerprint density at radius 1 is 1.04 bits per heavy atom. The molecule has 1 heterocycles. The highest BCUT2D eigenvalue weighted by Crippen LogP contribution is 2.36. The van der Waals surface area contributed by atoms with Crippen LogP contribution in [0, 0.1) is 11.3 Å². The first-order chi connectivity index (χ1) is 12.3. The summed E-state index contributed by atoms with van der Waals surface area (Å²) < 4.78 is 27.0. The van der Waals surface area contributed by atoms with Gasteiger partial charge in [0.25, 0.3) is 0 Å². The maximum atomic E-state index is 12.8. The summed E-state index contributed by atoms with van der Waals surface area (Å²) in [6, 6.07) is 11.7. The Morgan fingerprint density at radius 3 is 2.23 bits per heavy atom. The monoisotopic (exact) mass is 411 g/mol. The van der Waals surface area contributed by atoms with Crippen molar-refractivity contribution in [1.82, 2.24) is 4.31 Å². The van der Waals surface area contributed by atoms with Crippen molar-refractivity contribution in [3.05, 3.63) is 52.0 Å². The van der Waals surface area contributed by atoms with Crippen molar-refractivity contribution < 1.29 is 13.5 Å². The van der Waals surface area contributed by atoms with E-state index >= 15 is 0 Å². The van der Waals surface area contributed by atoms with Crippen molar-refractivity contribution in [3.63, 3.8) is 0 Å². The molecule has 0 aromatic heterocycles. The molecule has 2 aromatic carbocycles. The molecule has 0 amide bonds. The molecule has 0 atom stereocenters. The second-order valence-electron chi connectivity index (χ2n) is 5.78. The second kappa shape index (κ2) is 7.33. The average molecular weight is 412 g/mol. The minimum Gasteiger partial charge on any atom is -0.505 e. The third-order valence-electron chi connectivity index (χ3n) is 4.21. The molecule has 1 aliphatic heterocycles. The molecule has 0 bridgehead atoms. The minimum atomic E-state index is -3.91. The smallest absolute Gasteiger partial charge is 0.246 e. The quantitative estimate of drug-likeness (QED) is 0.838. The van der Waals surface area contributed by atoms with Crippen LogP contribution in [0.1, 0.15) is 5.56 Å². The number of anilines is 1. The van der Waals surface area contributed by atoms with E-state index in [0.29, 0.717) is 18.7 Å². The van der Waals surface area contributed by atoms with Crippen LogP contribution in [-0.4, -0.2) is 44.0 Å². The summed E-state index contributed by atoms with van der Waals surface area (Å²) in [7, 11) is -3.91. The molecule has 1 saturated heterocycles. The predicted octanol–water partition coefficient (Wildman–Crippen LogP) is 3.08. The van der Waals surface area contributed by atoms with Crippen LogP contribution in [0.3, 0.4) is 0 Å². The fourth-order valence-electron chi connectivity index (χ4n) is 2.81. The van der Waals surface area contributed by atoms with E-state index in [1.165, 1.54) is 16.4 Å². The Hall–Kier alpha value is -1.98. The van der Waals surface area contributed by atoms with Gasteiger partial charge in [0, 0.05) is 36.9 Å². The molecule has 1 N–H and O–H groups in total. The SMILES string of the molecule is N#Cc1ccc(N2CCN(S(=O)(=O)c3cc(Cl)cc(Cl)c3O)CC2)cc1. The van der Waals surface area contributed by atoms with Gasteiger partial charge in [-0.3, -0.25) is 0 Å². The van der Waals surface area contributed by atoms with Gasteiger partial charge in [0.05, 0.1) is 16.7 Å². The Labute approximate surface area is 161 Å². The number of phenols is 1. The van der Waals surface area contributed by atoms with E-state index in [-0.39, 0.29) is 28.0 Å². The molecule has 26 heavy (non-hydrogen) atoms. The number of benzene rings is 2. The summed E-state index contributed by atoms with van der Waals surface area (Å²) in [5, 5.41) is 18.9. The minimum absolute atomic E-state index is 0.104. The van der Waals surface area contributed by atoms with Crippen molar-refractivity contribution in [2.75, 3.05) is 31.1 Å². The number of hydrogen-bond donors (Lipinski definition) is 1. The Bertz CT molecular complexity index is 964. The third kappa shape index (κ3) is 3.60. The lowest BCUT2D eigenvalue weighted by molar-refractivity contribution is 0.380. The van der Waals surface area contributed by atoms with Crippen molar-refractivity contribution in [1.29, 1.82) is 5.26 Å².